The molecule has 0 fully saturated rings. The summed E-state index contributed by atoms with van der Waals surface area (Å²) in [5, 5.41) is 0. The number of rotatable bonds is 8. The zero-order valence-corrected chi connectivity index (χ0v) is 13.8. The third kappa shape index (κ3) is 5.77. The predicted octanol–water partition coefficient (Wildman–Crippen LogP) is 3.77. The van der Waals surface area contributed by atoms with Crippen LogP contribution >= 0.6 is 0 Å². The Morgan fingerprint density at radius 3 is 2.45 bits per heavy atom. The minimum Gasteiger partial charge on any atom is -0.493 e. The van der Waals surface area contributed by atoms with E-state index >= 15 is 0 Å². The van der Waals surface area contributed by atoms with E-state index in [1.54, 1.807) is 32.4 Å². The molecule has 0 amide bonds. The summed E-state index contributed by atoms with van der Waals surface area (Å²) in [6.07, 6.45) is 4.69. The van der Waals surface area contributed by atoms with E-state index in [1.807, 2.05) is 26.8 Å². The summed E-state index contributed by atoms with van der Waals surface area (Å²) in [4.78, 5) is 21.6. The van der Waals surface area contributed by atoms with Crippen LogP contribution in [0.5, 0.6) is 11.5 Å². The van der Waals surface area contributed by atoms with Crippen LogP contribution in [0.2, 0.25) is 0 Å². The lowest BCUT2D eigenvalue weighted by Gasteiger charge is -2.21. The van der Waals surface area contributed by atoms with Crippen molar-refractivity contribution in [2.45, 2.75) is 39.2 Å². The molecule has 0 aliphatic rings. The summed E-state index contributed by atoms with van der Waals surface area (Å²) in [6, 6.07) is 5.35. The van der Waals surface area contributed by atoms with Crippen molar-refractivity contribution in [3.05, 3.63) is 29.8 Å². The van der Waals surface area contributed by atoms with Crippen molar-refractivity contribution in [3.8, 4) is 11.5 Å². The molecule has 1 rings (SSSR count). The Labute approximate surface area is 131 Å². The molecule has 0 atom stereocenters. The zero-order valence-electron chi connectivity index (χ0n) is 13.8. The summed E-state index contributed by atoms with van der Waals surface area (Å²) in [6.45, 7) is 5.80. The van der Waals surface area contributed by atoms with Gasteiger partial charge < -0.3 is 9.47 Å². The number of methoxy groups -OCH3 is 2. The second-order valence-electron chi connectivity index (χ2n) is 5.44. The fraction of sp³-hybridized carbons (Fsp3) is 0.471. The largest absolute Gasteiger partial charge is 0.493 e. The van der Waals surface area contributed by atoms with Crippen LogP contribution in [-0.2, 0) is 14.6 Å². The van der Waals surface area contributed by atoms with Gasteiger partial charge in [0.2, 0.25) is 0 Å². The second kappa shape index (κ2) is 8.44. The third-order valence-electron chi connectivity index (χ3n) is 3.02. The average Bonchev–Trinajstić information content (AvgIpc) is 2.50. The van der Waals surface area contributed by atoms with Crippen molar-refractivity contribution in [1.29, 1.82) is 0 Å². The molecule has 1 aromatic carbocycles. The molecule has 0 aromatic heterocycles. The van der Waals surface area contributed by atoms with Crippen molar-refractivity contribution in [3.63, 3.8) is 0 Å². The molecule has 0 unspecified atom stereocenters. The molecule has 0 heterocycles. The number of hydrogen-bond donors (Lipinski definition) is 0. The normalized spacial score (nSPS) is 11.5. The van der Waals surface area contributed by atoms with Gasteiger partial charge in [-0.3, -0.25) is 4.89 Å². The Balaban J connectivity index is 2.62. The fourth-order valence-electron chi connectivity index (χ4n) is 1.95. The van der Waals surface area contributed by atoms with Crippen molar-refractivity contribution < 1.29 is 24.0 Å². The van der Waals surface area contributed by atoms with Crippen molar-refractivity contribution in [2.24, 2.45) is 0 Å². The molecule has 0 saturated heterocycles. The topological polar surface area (TPSA) is 54.0 Å². The first kappa shape index (κ1) is 18.0. The SMILES string of the molecule is CCCC(C)(C)OOC(=O)/C=C/c1ccc(OC)c(OC)c1. The number of carbonyl (C=O) groups excluding carboxylic acids is 1. The summed E-state index contributed by atoms with van der Waals surface area (Å²) in [5.74, 6) is 0.671. The van der Waals surface area contributed by atoms with E-state index < -0.39 is 11.6 Å². The molecule has 0 spiro atoms. The van der Waals surface area contributed by atoms with Gasteiger partial charge in [0.1, 0.15) is 5.60 Å². The van der Waals surface area contributed by atoms with Crippen molar-refractivity contribution in [1.82, 2.24) is 0 Å². The molecule has 122 valence electrons. The highest BCUT2D eigenvalue weighted by molar-refractivity contribution is 5.86. The molecular weight excluding hydrogens is 284 g/mol. The van der Waals surface area contributed by atoms with Crippen molar-refractivity contribution in [2.75, 3.05) is 14.2 Å². The average molecular weight is 308 g/mol. The minimum absolute atomic E-state index is 0.485. The molecule has 0 bridgehead atoms. The van der Waals surface area contributed by atoms with Crippen LogP contribution in [-0.4, -0.2) is 25.8 Å². The lowest BCUT2D eigenvalue weighted by molar-refractivity contribution is -0.322. The zero-order chi connectivity index (χ0) is 16.6. The maximum Gasteiger partial charge on any atom is 0.365 e. The number of carbonyl (C=O) groups is 1. The molecule has 0 saturated carbocycles. The fourth-order valence-corrected chi connectivity index (χ4v) is 1.95. The highest BCUT2D eigenvalue weighted by Crippen LogP contribution is 2.28. The Bertz CT molecular complexity index is 520. The molecular formula is C17H24O5. The van der Waals surface area contributed by atoms with Crippen LogP contribution < -0.4 is 9.47 Å². The summed E-state index contributed by atoms with van der Waals surface area (Å²) in [5.41, 5.74) is 0.309. The van der Waals surface area contributed by atoms with Crippen molar-refractivity contribution >= 4 is 12.0 Å². The van der Waals surface area contributed by atoms with Crippen LogP contribution in [0.4, 0.5) is 0 Å². The van der Waals surface area contributed by atoms with Crippen LogP contribution in [0.3, 0.4) is 0 Å². The lowest BCUT2D eigenvalue weighted by Crippen LogP contribution is -2.25. The van der Waals surface area contributed by atoms with E-state index in [-0.39, 0.29) is 0 Å². The molecule has 5 nitrogen and oxygen atoms in total. The first-order valence-corrected chi connectivity index (χ1v) is 7.21. The van der Waals surface area contributed by atoms with E-state index in [2.05, 4.69) is 0 Å². The minimum atomic E-state index is -0.557. The third-order valence-corrected chi connectivity index (χ3v) is 3.02. The van der Waals surface area contributed by atoms with E-state index in [4.69, 9.17) is 19.2 Å². The first-order chi connectivity index (χ1) is 10.4. The maximum atomic E-state index is 11.7. The van der Waals surface area contributed by atoms with Crippen LogP contribution in [0.15, 0.2) is 24.3 Å². The van der Waals surface area contributed by atoms with Gasteiger partial charge in [-0.2, -0.15) is 4.89 Å². The monoisotopic (exact) mass is 308 g/mol. The molecule has 22 heavy (non-hydrogen) atoms. The number of hydrogen-bond acceptors (Lipinski definition) is 5. The Morgan fingerprint density at radius 1 is 1.18 bits per heavy atom. The van der Waals surface area contributed by atoms with Crippen LogP contribution in [0.1, 0.15) is 39.2 Å². The smallest absolute Gasteiger partial charge is 0.365 e. The molecule has 0 N–H and O–H groups in total. The highest BCUT2D eigenvalue weighted by Gasteiger charge is 2.20. The Hall–Kier alpha value is -2.01. The van der Waals surface area contributed by atoms with E-state index in [9.17, 15) is 4.79 Å². The highest BCUT2D eigenvalue weighted by atomic mass is 17.2. The Morgan fingerprint density at radius 2 is 1.86 bits per heavy atom. The molecule has 0 aliphatic heterocycles. The van der Waals surface area contributed by atoms with Gasteiger partial charge >= 0.3 is 5.97 Å². The summed E-state index contributed by atoms with van der Waals surface area (Å²) >= 11 is 0. The van der Waals surface area contributed by atoms with E-state index in [0.717, 1.165) is 18.4 Å². The van der Waals surface area contributed by atoms with E-state index in [1.165, 1.54) is 6.08 Å². The van der Waals surface area contributed by atoms with Crippen LogP contribution in [0, 0.1) is 0 Å². The van der Waals surface area contributed by atoms with Gasteiger partial charge in [0, 0.05) is 6.08 Å². The summed E-state index contributed by atoms with van der Waals surface area (Å²) < 4.78 is 10.4. The summed E-state index contributed by atoms with van der Waals surface area (Å²) in [7, 11) is 3.13. The predicted molar refractivity (Wildman–Crippen MR) is 84.7 cm³/mol. The maximum absolute atomic E-state index is 11.7. The number of ether oxygens (including phenoxy) is 2. The van der Waals surface area contributed by atoms with Gasteiger partial charge in [0.25, 0.3) is 0 Å². The number of benzene rings is 1. The molecule has 0 aliphatic carbocycles. The quantitative estimate of drug-likeness (QED) is 0.416. The molecule has 0 radical (unpaired) electrons. The van der Waals surface area contributed by atoms with Gasteiger partial charge in [-0.05, 0) is 44.0 Å². The van der Waals surface area contributed by atoms with Gasteiger partial charge in [0.05, 0.1) is 14.2 Å². The standard InChI is InChI=1S/C17H24O5/c1-6-11-17(2,3)22-21-16(18)10-8-13-7-9-14(19-4)15(12-13)20-5/h7-10,12H,6,11H2,1-5H3/b10-8+. The van der Waals surface area contributed by atoms with E-state index in [0.29, 0.717) is 11.5 Å². The van der Waals surface area contributed by atoms with Crippen LogP contribution in [0.25, 0.3) is 6.08 Å². The lowest BCUT2D eigenvalue weighted by atomic mass is 10.0. The Kier molecular flexibility index (Phi) is 6.92. The van der Waals surface area contributed by atoms with Gasteiger partial charge in [-0.15, -0.1) is 0 Å². The van der Waals surface area contributed by atoms with Gasteiger partial charge in [-0.25, -0.2) is 4.79 Å². The van der Waals surface area contributed by atoms with Gasteiger partial charge in [-0.1, -0.05) is 19.4 Å². The molecule has 1 aromatic rings. The molecule has 5 heteroatoms. The second-order valence-corrected chi connectivity index (χ2v) is 5.44. The first-order valence-electron chi connectivity index (χ1n) is 7.21. The van der Waals surface area contributed by atoms with Gasteiger partial charge in [0.15, 0.2) is 11.5 Å².